The van der Waals surface area contributed by atoms with E-state index in [1.165, 1.54) is 18.5 Å². The number of aromatic nitrogens is 2. The molecule has 1 heterocycles. The van der Waals surface area contributed by atoms with Crippen LogP contribution >= 0.6 is 0 Å². The minimum Gasteiger partial charge on any atom is -0.370 e. The molecule has 21 heavy (non-hydrogen) atoms. The maximum absolute atomic E-state index is 13.1. The van der Waals surface area contributed by atoms with Crippen LogP contribution in [0.5, 0.6) is 0 Å². The molecule has 0 unspecified atom stereocenters. The van der Waals surface area contributed by atoms with Gasteiger partial charge in [0, 0.05) is 17.7 Å². The molecule has 0 fully saturated rings. The van der Waals surface area contributed by atoms with Gasteiger partial charge < -0.3 is 5.32 Å². The van der Waals surface area contributed by atoms with Crippen LogP contribution in [0.25, 0.3) is 11.3 Å². The van der Waals surface area contributed by atoms with E-state index in [1.807, 2.05) is 6.92 Å². The molecule has 0 radical (unpaired) electrons. The van der Waals surface area contributed by atoms with Crippen molar-refractivity contribution in [1.82, 2.24) is 9.97 Å². The first-order chi connectivity index (χ1) is 9.95. The Morgan fingerprint density at radius 2 is 1.86 bits per heavy atom. The maximum atomic E-state index is 13.1. The number of halogens is 3. The van der Waals surface area contributed by atoms with Crippen LogP contribution < -0.4 is 5.32 Å². The van der Waals surface area contributed by atoms with Gasteiger partial charge in [0.1, 0.15) is 12.1 Å². The van der Waals surface area contributed by atoms with E-state index < -0.39 is 11.7 Å². The van der Waals surface area contributed by atoms with E-state index in [0.717, 1.165) is 12.5 Å². The molecule has 0 aliphatic heterocycles. The summed E-state index contributed by atoms with van der Waals surface area (Å²) in [7, 11) is 0. The van der Waals surface area contributed by atoms with E-state index in [1.54, 1.807) is 13.0 Å². The second-order valence-corrected chi connectivity index (χ2v) is 4.67. The van der Waals surface area contributed by atoms with Gasteiger partial charge in [0.15, 0.2) is 0 Å². The van der Waals surface area contributed by atoms with Crippen molar-refractivity contribution >= 4 is 5.82 Å². The molecule has 6 heteroatoms. The molecule has 1 aromatic heterocycles. The van der Waals surface area contributed by atoms with Crippen molar-refractivity contribution in [3.8, 4) is 11.3 Å². The van der Waals surface area contributed by atoms with Gasteiger partial charge in [-0.15, -0.1) is 0 Å². The standard InChI is InChI=1S/C15H16F3N3/c1-3-8-19-14-10(2)13(20-9-21-14)11-6-4-5-7-12(11)15(16,17)18/h4-7,9H,3,8H2,1-2H3,(H,19,20,21). The van der Waals surface area contributed by atoms with Gasteiger partial charge in [0.05, 0.1) is 11.3 Å². The summed E-state index contributed by atoms with van der Waals surface area (Å²) in [5, 5.41) is 3.10. The quantitative estimate of drug-likeness (QED) is 0.914. The maximum Gasteiger partial charge on any atom is 0.417 e. The summed E-state index contributed by atoms with van der Waals surface area (Å²) in [6.45, 7) is 4.43. The fraction of sp³-hybridized carbons (Fsp3) is 0.333. The van der Waals surface area contributed by atoms with Gasteiger partial charge in [0.2, 0.25) is 0 Å². The Balaban J connectivity index is 2.53. The average molecular weight is 295 g/mol. The molecule has 0 amide bonds. The number of rotatable bonds is 4. The first kappa shape index (κ1) is 15.3. The van der Waals surface area contributed by atoms with Crippen molar-refractivity contribution in [3.63, 3.8) is 0 Å². The Kier molecular flexibility index (Phi) is 4.45. The van der Waals surface area contributed by atoms with Gasteiger partial charge in [-0.2, -0.15) is 13.2 Å². The lowest BCUT2D eigenvalue weighted by Crippen LogP contribution is -2.09. The molecule has 0 atom stereocenters. The van der Waals surface area contributed by atoms with Crippen LogP contribution in [0.2, 0.25) is 0 Å². The third-order valence-corrected chi connectivity index (χ3v) is 3.11. The molecule has 112 valence electrons. The summed E-state index contributed by atoms with van der Waals surface area (Å²) in [4.78, 5) is 8.13. The third-order valence-electron chi connectivity index (χ3n) is 3.11. The molecule has 0 saturated carbocycles. The van der Waals surface area contributed by atoms with E-state index in [0.29, 0.717) is 23.6 Å². The second kappa shape index (κ2) is 6.11. The highest BCUT2D eigenvalue weighted by molar-refractivity contribution is 5.71. The summed E-state index contributed by atoms with van der Waals surface area (Å²) in [6.07, 6.45) is -2.23. The van der Waals surface area contributed by atoms with Crippen molar-refractivity contribution in [1.29, 1.82) is 0 Å². The molecule has 2 rings (SSSR count). The molecule has 0 aliphatic rings. The van der Waals surface area contributed by atoms with E-state index in [2.05, 4.69) is 15.3 Å². The van der Waals surface area contributed by atoms with Crippen LogP contribution in [0.15, 0.2) is 30.6 Å². The zero-order chi connectivity index (χ0) is 15.5. The molecule has 1 aromatic carbocycles. The molecule has 0 bridgehead atoms. The zero-order valence-electron chi connectivity index (χ0n) is 11.8. The lowest BCUT2D eigenvalue weighted by atomic mass is 10.0. The highest BCUT2D eigenvalue weighted by atomic mass is 19.4. The van der Waals surface area contributed by atoms with E-state index in [4.69, 9.17) is 0 Å². The minimum atomic E-state index is -4.41. The molecule has 0 saturated heterocycles. The lowest BCUT2D eigenvalue weighted by molar-refractivity contribution is -0.137. The number of benzene rings is 1. The summed E-state index contributed by atoms with van der Waals surface area (Å²) >= 11 is 0. The first-order valence-electron chi connectivity index (χ1n) is 6.67. The van der Waals surface area contributed by atoms with E-state index in [9.17, 15) is 13.2 Å². The smallest absolute Gasteiger partial charge is 0.370 e. The highest BCUT2D eigenvalue weighted by Crippen LogP contribution is 2.37. The lowest BCUT2D eigenvalue weighted by Gasteiger charge is -2.15. The molecular weight excluding hydrogens is 279 g/mol. The number of anilines is 1. The van der Waals surface area contributed by atoms with Crippen molar-refractivity contribution in [2.24, 2.45) is 0 Å². The predicted molar refractivity (Wildman–Crippen MR) is 76.0 cm³/mol. The van der Waals surface area contributed by atoms with E-state index in [-0.39, 0.29) is 5.56 Å². The Labute approximate surface area is 121 Å². The fourth-order valence-corrected chi connectivity index (χ4v) is 2.08. The van der Waals surface area contributed by atoms with Crippen LogP contribution in [0.4, 0.5) is 19.0 Å². The fourth-order valence-electron chi connectivity index (χ4n) is 2.08. The van der Waals surface area contributed by atoms with Crippen LogP contribution in [-0.4, -0.2) is 16.5 Å². The topological polar surface area (TPSA) is 37.8 Å². The Bertz CT molecular complexity index is 624. The Morgan fingerprint density at radius 1 is 1.14 bits per heavy atom. The van der Waals surface area contributed by atoms with Gasteiger partial charge in [-0.1, -0.05) is 25.1 Å². The van der Waals surface area contributed by atoms with Gasteiger partial charge in [-0.3, -0.25) is 0 Å². The largest absolute Gasteiger partial charge is 0.417 e. The second-order valence-electron chi connectivity index (χ2n) is 4.67. The van der Waals surface area contributed by atoms with Crippen LogP contribution in [0, 0.1) is 6.92 Å². The Morgan fingerprint density at radius 3 is 2.52 bits per heavy atom. The van der Waals surface area contributed by atoms with Gasteiger partial charge in [-0.25, -0.2) is 9.97 Å². The van der Waals surface area contributed by atoms with Crippen molar-refractivity contribution in [3.05, 3.63) is 41.7 Å². The molecule has 2 aromatic rings. The average Bonchev–Trinajstić information content (AvgIpc) is 2.45. The predicted octanol–water partition coefficient (Wildman–Crippen LogP) is 4.29. The summed E-state index contributed by atoms with van der Waals surface area (Å²) < 4.78 is 39.3. The van der Waals surface area contributed by atoms with E-state index >= 15 is 0 Å². The zero-order valence-corrected chi connectivity index (χ0v) is 11.8. The molecule has 0 spiro atoms. The first-order valence-corrected chi connectivity index (χ1v) is 6.67. The third kappa shape index (κ3) is 3.32. The molecule has 1 N–H and O–H groups in total. The van der Waals surface area contributed by atoms with Gasteiger partial charge in [-0.05, 0) is 19.4 Å². The molecular formula is C15H16F3N3. The highest BCUT2D eigenvalue weighted by Gasteiger charge is 2.34. The SMILES string of the molecule is CCCNc1ncnc(-c2ccccc2C(F)(F)F)c1C. The van der Waals surface area contributed by atoms with Crippen LogP contribution in [-0.2, 0) is 6.18 Å². The van der Waals surface area contributed by atoms with Gasteiger partial charge in [0.25, 0.3) is 0 Å². The van der Waals surface area contributed by atoms with Crippen molar-refractivity contribution in [2.75, 3.05) is 11.9 Å². The normalized spacial score (nSPS) is 11.5. The monoisotopic (exact) mass is 295 g/mol. The number of hydrogen-bond acceptors (Lipinski definition) is 3. The Hall–Kier alpha value is -2.11. The number of nitrogens with zero attached hydrogens (tertiary/aromatic N) is 2. The summed E-state index contributed by atoms with van der Waals surface area (Å²) in [5.74, 6) is 0.568. The van der Waals surface area contributed by atoms with Crippen LogP contribution in [0.3, 0.4) is 0 Å². The molecule has 3 nitrogen and oxygen atoms in total. The summed E-state index contributed by atoms with van der Waals surface area (Å²) in [5.41, 5.74) is 0.303. The van der Waals surface area contributed by atoms with Crippen molar-refractivity contribution < 1.29 is 13.2 Å². The number of nitrogens with one attached hydrogen (secondary N) is 1. The van der Waals surface area contributed by atoms with Crippen LogP contribution in [0.1, 0.15) is 24.5 Å². The minimum absolute atomic E-state index is 0.0736. The number of alkyl halides is 3. The van der Waals surface area contributed by atoms with Gasteiger partial charge >= 0.3 is 6.18 Å². The van der Waals surface area contributed by atoms with Crippen molar-refractivity contribution in [2.45, 2.75) is 26.4 Å². The summed E-state index contributed by atoms with van der Waals surface area (Å²) in [6, 6.07) is 5.45. The number of hydrogen-bond donors (Lipinski definition) is 1. The molecule has 0 aliphatic carbocycles.